The van der Waals surface area contributed by atoms with Gasteiger partial charge in [0.1, 0.15) is 17.6 Å². The van der Waals surface area contributed by atoms with Gasteiger partial charge in [-0.25, -0.2) is 0 Å². The maximum Gasteiger partial charge on any atom is 0.262 e. The molecule has 1 amide bonds. The van der Waals surface area contributed by atoms with Gasteiger partial charge in [-0.3, -0.25) is 4.79 Å². The summed E-state index contributed by atoms with van der Waals surface area (Å²) in [6.45, 7) is 4.34. The number of carbonyl (C=O) groups excluding carboxylic acids is 1. The zero-order chi connectivity index (χ0) is 14.5. The first-order chi connectivity index (χ1) is 9.65. The molecular weight excluding hydrogens is 274 g/mol. The summed E-state index contributed by atoms with van der Waals surface area (Å²) in [5.74, 6) is 1.54. The molecule has 108 valence electrons. The van der Waals surface area contributed by atoms with Gasteiger partial charge in [0.2, 0.25) is 0 Å². The van der Waals surface area contributed by atoms with Crippen molar-refractivity contribution >= 4 is 17.2 Å². The topological polar surface area (TPSA) is 51.5 Å². The number of hydrogen-bond donors (Lipinski definition) is 1. The monoisotopic (exact) mass is 293 g/mol. The number of methoxy groups -OCH3 is 1. The lowest BCUT2D eigenvalue weighted by Crippen LogP contribution is -2.30. The number of nitrogens with one attached hydrogen (secondary N) is 1. The molecule has 5 heteroatoms. The van der Waals surface area contributed by atoms with Crippen LogP contribution in [0, 0.1) is 6.92 Å². The SMILES string of the molecule is CCc1ccc(C(COC)NC(=O)c2sccc2C)o1. The molecule has 0 saturated heterocycles. The summed E-state index contributed by atoms with van der Waals surface area (Å²) in [7, 11) is 1.61. The Bertz CT molecular complexity index is 573. The molecule has 0 radical (unpaired) electrons. The van der Waals surface area contributed by atoms with Crippen molar-refractivity contribution in [2.75, 3.05) is 13.7 Å². The highest BCUT2D eigenvalue weighted by Crippen LogP contribution is 2.20. The number of aryl methyl sites for hydroxylation is 2. The molecule has 1 N–H and O–H groups in total. The van der Waals surface area contributed by atoms with E-state index in [0.717, 1.165) is 28.4 Å². The molecule has 1 unspecified atom stereocenters. The first-order valence-corrected chi connectivity index (χ1v) is 7.46. The third kappa shape index (κ3) is 3.29. The van der Waals surface area contributed by atoms with Crippen LogP contribution in [0.15, 0.2) is 28.0 Å². The molecule has 2 rings (SSSR count). The van der Waals surface area contributed by atoms with Crippen LogP contribution in [-0.2, 0) is 11.2 Å². The Labute approximate surface area is 122 Å². The number of thiophene rings is 1. The third-order valence-corrected chi connectivity index (χ3v) is 4.10. The van der Waals surface area contributed by atoms with Crippen LogP contribution in [-0.4, -0.2) is 19.6 Å². The number of ether oxygens (including phenoxy) is 1. The Hall–Kier alpha value is -1.59. The van der Waals surface area contributed by atoms with E-state index in [1.54, 1.807) is 7.11 Å². The second-order valence-electron chi connectivity index (χ2n) is 4.57. The Morgan fingerprint density at radius 1 is 1.45 bits per heavy atom. The molecule has 2 aromatic heterocycles. The smallest absolute Gasteiger partial charge is 0.262 e. The van der Waals surface area contributed by atoms with E-state index in [4.69, 9.17) is 9.15 Å². The highest BCUT2D eigenvalue weighted by molar-refractivity contribution is 7.12. The summed E-state index contributed by atoms with van der Waals surface area (Å²) < 4.78 is 10.9. The standard InChI is InChI=1S/C15H19NO3S/c1-4-11-5-6-13(19-11)12(9-18-3)16-15(17)14-10(2)7-8-20-14/h5-8,12H,4,9H2,1-3H3,(H,16,17). The van der Waals surface area contributed by atoms with Gasteiger partial charge in [-0.05, 0) is 36.1 Å². The molecule has 0 aromatic carbocycles. The largest absolute Gasteiger partial charge is 0.464 e. The second kappa shape index (κ2) is 6.72. The van der Waals surface area contributed by atoms with Gasteiger partial charge in [-0.2, -0.15) is 0 Å². The number of rotatable bonds is 6. The molecule has 0 fully saturated rings. The average molecular weight is 293 g/mol. The van der Waals surface area contributed by atoms with E-state index in [0.29, 0.717) is 6.61 Å². The average Bonchev–Trinajstić information content (AvgIpc) is 3.06. The normalized spacial score (nSPS) is 12.3. The summed E-state index contributed by atoms with van der Waals surface area (Å²) in [6, 6.07) is 5.49. The predicted molar refractivity (Wildman–Crippen MR) is 79.2 cm³/mol. The van der Waals surface area contributed by atoms with Crippen molar-refractivity contribution in [2.24, 2.45) is 0 Å². The van der Waals surface area contributed by atoms with Crippen molar-refractivity contribution in [3.8, 4) is 0 Å². The lowest BCUT2D eigenvalue weighted by molar-refractivity contribution is 0.0885. The molecule has 0 aliphatic carbocycles. The quantitative estimate of drug-likeness (QED) is 0.888. The van der Waals surface area contributed by atoms with E-state index < -0.39 is 0 Å². The first-order valence-electron chi connectivity index (χ1n) is 6.58. The van der Waals surface area contributed by atoms with Crippen LogP contribution < -0.4 is 5.32 Å². The van der Waals surface area contributed by atoms with Gasteiger partial charge in [0, 0.05) is 13.5 Å². The van der Waals surface area contributed by atoms with Gasteiger partial charge in [-0.15, -0.1) is 11.3 Å². The van der Waals surface area contributed by atoms with Crippen LogP contribution in [0.5, 0.6) is 0 Å². The van der Waals surface area contributed by atoms with E-state index in [-0.39, 0.29) is 11.9 Å². The Morgan fingerprint density at radius 3 is 2.80 bits per heavy atom. The Morgan fingerprint density at radius 2 is 2.25 bits per heavy atom. The third-order valence-electron chi connectivity index (χ3n) is 3.08. The van der Waals surface area contributed by atoms with E-state index in [2.05, 4.69) is 5.32 Å². The van der Waals surface area contributed by atoms with E-state index in [1.807, 2.05) is 37.4 Å². The lowest BCUT2D eigenvalue weighted by atomic mass is 10.2. The number of amides is 1. The van der Waals surface area contributed by atoms with Crippen LogP contribution in [0.1, 0.15) is 39.7 Å². The molecule has 2 heterocycles. The second-order valence-corrected chi connectivity index (χ2v) is 5.49. The zero-order valence-electron chi connectivity index (χ0n) is 11.9. The van der Waals surface area contributed by atoms with Crippen molar-refractivity contribution in [1.29, 1.82) is 0 Å². The summed E-state index contributed by atoms with van der Waals surface area (Å²) in [4.78, 5) is 13.0. The van der Waals surface area contributed by atoms with Crippen LogP contribution in [0.3, 0.4) is 0 Å². The predicted octanol–water partition coefficient (Wildman–Crippen LogP) is 3.33. The van der Waals surface area contributed by atoms with Crippen LogP contribution in [0.2, 0.25) is 0 Å². The first kappa shape index (κ1) is 14.8. The number of hydrogen-bond acceptors (Lipinski definition) is 4. The Balaban J connectivity index is 2.13. The summed E-state index contributed by atoms with van der Waals surface area (Å²) in [5, 5.41) is 4.88. The summed E-state index contributed by atoms with van der Waals surface area (Å²) in [5.41, 5.74) is 0.984. The highest BCUT2D eigenvalue weighted by atomic mass is 32.1. The maximum absolute atomic E-state index is 12.3. The highest BCUT2D eigenvalue weighted by Gasteiger charge is 2.20. The molecule has 0 aliphatic rings. The molecule has 4 nitrogen and oxygen atoms in total. The van der Waals surface area contributed by atoms with E-state index in [1.165, 1.54) is 11.3 Å². The minimum atomic E-state index is -0.269. The van der Waals surface area contributed by atoms with E-state index >= 15 is 0 Å². The fraction of sp³-hybridized carbons (Fsp3) is 0.400. The number of carbonyl (C=O) groups is 1. The zero-order valence-corrected chi connectivity index (χ0v) is 12.8. The molecule has 20 heavy (non-hydrogen) atoms. The van der Waals surface area contributed by atoms with Gasteiger partial charge in [-0.1, -0.05) is 6.92 Å². The molecular formula is C15H19NO3S. The van der Waals surface area contributed by atoms with Gasteiger partial charge in [0.25, 0.3) is 5.91 Å². The molecule has 1 atom stereocenters. The van der Waals surface area contributed by atoms with Crippen LogP contribution in [0.4, 0.5) is 0 Å². The summed E-state index contributed by atoms with van der Waals surface area (Å²) in [6.07, 6.45) is 0.831. The fourth-order valence-corrected chi connectivity index (χ4v) is 2.79. The minimum absolute atomic E-state index is 0.0889. The van der Waals surface area contributed by atoms with Crippen LogP contribution in [0.25, 0.3) is 0 Å². The van der Waals surface area contributed by atoms with Gasteiger partial charge >= 0.3 is 0 Å². The van der Waals surface area contributed by atoms with Gasteiger partial charge < -0.3 is 14.5 Å². The molecule has 0 saturated carbocycles. The number of furan rings is 1. The van der Waals surface area contributed by atoms with E-state index in [9.17, 15) is 4.79 Å². The minimum Gasteiger partial charge on any atom is -0.464 e. The van der Waals surface area contributed by atoms with Gasteiger partial charge in [0.15, 0.2) is 0 Å². The fourth-order valence-electron chi connectivity index (χ4n) is 1.96. The van der Waals surface area contributed by atoms with Crippen molar-refractivity contribution in [3.63, 3.8) is 0 Å². The molecule has 0 bridgehead atoms. The van der Waals surface area contributed by atoms with Crippen molar-refractivity contribution < 1.29 is 13.9 Å². The van der Waals surface area contributed by atoms with Crippen molar-refractivity contribution in [1.82, 2.24) is 5.32 Å². The molecule has 0 spiro atoms. The van der Waals surface area contributed by atoms with Crippen molar-refractivity contribution in [2.45, 2.75) is 26.3 Å². The lowest BCUT2D eigenvalue weighted by Gasteiger charge is -2.15. The Kier molecular flexibility index (Phi) is 4.98. The van der Waals surface area contributed by atoms with Crippen molar-refractivity contribution in [3.05, 3.63) is 45.5 Å². The van der Waals surface area contributed by atoms with Gasteiger partial charge in [0.05, 0.1) is 11.5 Å². The molecule has 0 aliphatic heterocycles. The maximum atomic E-state index is 12.3. The molecule has 2 aromatic rings. The van der Waals surface area contributed by atoms with Crippen LogP contribution >= 0.6 is 11.3 Å². The summed E-state index contributed by atoms with van der Waals surface area (Å²) >= 11 is 1.44.